The third-order valence-corrected chi connectivity index (χ3v) is 4.25. The first kappa shape index (κ1) is 10.5. The van der Waals surface area contributed by atoms with Crippen LogP contribution in [0.4, 0.5) is 0 Å². The molecule has 1 N–H and O–H groups in total. The molecule has 0 saturated heterocycles. The zero-order chi connectivity index (χ0) is 10.4. The molecule has 2 atom stereocenters. The van der Waals surface area contributed by atoms with E-state index >= 15 is 0 Å². The first-order valence-corrected chi connectivity index (χ1v) is 6.17. The molecular weight excluding hydrogens is 172 g/mol. The molecule has 1 heteroatoms. The van der Waals surface area contributed by atoms with Gasteiger partial charge >= 0.3 is 0 Å². The van der Waals surface area contributed by atoms with Gasteiger partial charge in [0.25, 0.3) is 0 Å². The van der Waals surface area contributed by atoms with Crippen LogP contribution in [0.3, 0.4) is 0 Å². The Morgan fingerprint density at radius 1 is 1.07 bits per heavy atom. The van der Waals surface area contributed by atoms with E-state index in [0.717, 1.165) is 6.42 Å². The molecule has 0 bridgehead atoms. The molecule has 0 aliphatic heterocycles. The summed E-state index contributed by atoms with van der Waals surface area (Å²) in [6.45, 7) is 6.86. The Bertz CT molecular complexity index is 212. The van der Waals surface area contributed by atoms with Crippen molar-refractivity contribution in [3.05, 3.63) is 0 Å². The Labute approximate surface area is 87.9 Å². The van der Waals surface area contributed by atoms with E-state index in [0.29, 0.717) is 11.8 Å². The van der Waals surface area contributed by atoms with Crippen LogP contribution in [-0.2, 0) is 0 Å². The lowest BCUT2D eigenvalue weighted by molar-refractivity contribution is -0.105. The summed E-state index contributed by atoms with van der Waals surface area (Å²) in [7, 11) is 0. The Morgan fingerprint density at radius 2 is 1.71 bits per heavy atom. The Kier molecular flexibility index (Phi) is 2.42. The number of aliphatic hydroxyl groups is 1. The lowest BCUT2D eigenvalue weighted by atomic mass is 9.62. The fourth-order valence-electron chi connectivity index (χ4n) is 3.44. The molecule has 1 nitrogen and oxygen atoms in total. The first-order chi connectivity index (χ1) is 6.44. The number of hydrogen-bond donors (Lipinski definition) is 1. The second-order valence-electron chi connectivity index (χ2n) is 6.43. The maximum Gasteiger partial charge on any atom is 0.0708 e. The van der Waals surface area contributed by atoms with Gasteiger partial charge in [-0.05, 0) is 42.9 Å². The maximum absolute atomic E-state index is 10.8. The second-order valence-corrected chi connectivity index (χ2v) is 6.43. The molecule has 14 heavy (non-hydrogen) atoms. The molecule has 0 amide bonds. The second kappa shape index (κ2) is 3.23. The van der Waals surface area contributed by atoms with Gasteiger partial charge in [-0.2, -0.15) is 0 Å². The summed E-state index contributed by atoms with van der Waals surface area (Å²) < 4.78 is 0. The van der Waals surface area contributed by atoms with Crippen molar-refractivity contribution < 1.29 is 5.11 Å². The smallest absolute Gasteiger partial charge is 0.0708 e. The average molecular weight is 196 g/mol. The third-order valence-electron chi connectivity index (χ3n) is 4.25. The highest BCUT2D eigenvalue weighted by Gasteiger charge is 2.52. The van der Waals surface area contributed by atoms with E-state index in [9.17, 15) is 5.11 Å². The summed E-state index contributed by atoms with van der Waals surface area (Å²) in [5, 5.41) is 10.8. The maximum atomic E-state index is 10.8. The van der Waals surface area contributed by atoms with Crippen molar-refractivity contribution in [2.45, 2.75) is 64.9 Å². The van der Waals surface area contributed by atoms with Crippen LogP contribution in [0.15, 0.2) is 0 Å². The molecule has 2 unspecified atom stereocenters. The van der Waals surface area contributed by atoms with Gasteiger partial charge in [-0.25, -0.2) is 0 Å². The van der Waals surface area contributed by atoms with Gasteiger partial charge in [-0.3, -0.25) is 0 Å². The zero-order valence-corrected chi connectivity index (χ0v) is 9.84. The minimum Gasteiger partial charge on any atom is -0.389 e. The first-order valence-electron chi connectivity index (χ1n) is 6.17. The summed E-state index contributed by atoms with van der Waals surface area (Å²) in [6.07, 6.45) is 7.37. The van der Waals surface area contributed by atoms with E-state index < -0.39 is 0 Å². The van der Waals surface area contributed by atoms with E-state index in [-0.39, 0.29) is 11.0 Å². The van der Waals surface area contributed by atoms with Gasteiger partial charge in [0.15, 0.2) is 0 Å². The van der Waals surface area contributed by atoms with Crippen LogP contribution in [0.25, 0.3) is 0 Å². The van der Waals surface area contributed by atoms with Crippen molar-refractivity contribution in [2.75, 3.05) is 0 Å². The van der Waals surface area contributed by atoms with Gasteiger partial charge < -0.3 is 5.11 Å². The minimum atomic E-state index is -0.309. The van der Waals surface area contributed by atoms with Crippen molar-refractivity contribution >= 4 is 0 Å². The lowest BCUT2D eigenvalue weighted by Crippen LogP contribution is -2.48. The SMILES string of the molecule is CC(C)(C)C1CCCCC1(O)C1CC1. The van der Waals surface area contributed by atoms with Gasteiger partial charge in [0.2, 0.25) is 0 Å². The third kappa shape index (κ3) is 1.71. The van der Waals surface area contributed by atoms with Gasteiger partial charge in [0, 0.05) is 0 Å². The van der Waals surface area contributed by atoms with E-state index in [1.807, 2.05) is 0 Å². The summed E-state index contributed by atoms with van der Waals surface area (Å²) in [4.78, 5) is 0. The van der Waals surface area contributed by atoms with Crippen molar-refractivity contribution in [1.29, 1.82) is 0 Å². The Balaban J connectivity index is 2.18. The largest absolute Gasteiger partial charge is 0.389 e. The fourth-order valence-corrected chi connectivity index (χ4v) is 3.44. The molecule has 2 saturated carbocycles. The Morgan fingerprint density at radius 3 is 2.21 bits per heavy atom. The molecule has 2 aliphatic rings. The van der Waals surface area contributed by atoms with Crippen LogP contribution in [0.2, 0.25) is 0 Å². The summed E-state index contributed by atoms with van der Waals surface area (Å²) in [5.74, 6) is 1.16. The van der Waals surface area contributed by atoms with Crippen molar-refractivity contribution in [3.63, 3.8) is 0 Å². The normalized spacial score (nSPS) is 39.9. The van der Waals surface area contributed by atoms with Crippen molar-refractivity contribution in [1.82, 2.24) is 0 Å². The Hall–Kier alpha value is -0.0400. The molecule has 2 fully saturated rings. The molecular formula is C13H24O. The predicted molar refractivity (Wildman–Crippen MR) is 59.1 cm³/mol. The highest BCUT2D eigenvalue weighted by Crippen LogP contribution is 2.54. The molecule has 2 rings (SSSR count). The van der Waals surface area contributed by atoms with E-state index in [1.165, 1.54) is 32.1 Å². The van der Waals surface area contributed by atoms with E-state index in [4.69, 9.17) is 0 Å². The van der Waals surface area contributed by atoms with Gasteiger partial charge in [0.05, 0.1) is 5.60 Å². The van der Waals surface area contributed by atoms with Gasteiger partial charge in [-0.1, -0.05) is 33.6 Å². The predicted octanol–water partition coefficient (Wildman–Crippen LogP) is 3.36. The van der Waals surface area contributed by atoms with Crippen molar-refractivity contribution in [2.24, 2.45) is 17.3 Å². The highest BCUT2D eigenvalue weighted by molar-refractivity contribution is 5.03. The highest BCUT2D eigenvalue weighted by atomic mass is 16.3. The topological polar surface area (TPSA) is 20.2 Å². The summed E-state index contributed by atoms with van der Waals surface area (Å²) in [6, 6.07) is 0. The van der Waals surface area contributed by atoms with Crippen LogP contribution in [0, 0.1) is 17.3 Å². The average Bonchev–Trinajstić information content (AvgIpc) is 2.84. The van der Waals surface area contributed by atoms with E-state index in [1.54, 1.807) is 0 Å². The molecule has 2 aliphatic carbocycles. The molecule has 0 heterocycles. The lowest BCUT2D eigenvalue weighted by Gasteiger charge is -2.47. The van der Waals surface area contributed by atoms with Crippen LogP contribution in [-0.4, -0.2) is 10.7 Å². The van der Waals surface area contributed by atoms with Gasteiger partial charge in [-0.15, -0.1) is 0 Å². The molecule has 0 aromatic rings. The van der Waals surface area contributed by atoms with Crippen LogP contribution >= 0.6 is 0 Å². The van der Waals surface area contributed by atoms with Crippen LogP contribution in [0.1, 0.15) is 59.3 Å². The van der Waals surface area contributed by atoms with E-state index in [2.05, 4.69) is 20.8 Å². The summed E-state index contributed by atoms with van der Waals surface area (Å²) >= 11 is 0. The standard InChI is InChI=1S/C13H24O/c1-12(2,3)11-6-4-5-9-13(11,14)10-7-8-10/h10-11,14H,4-9H2,1-3H3. The zero-order valence-electron chi connectivity index (χ0n) is 9.84. The quantitative estimate of drug-likeness (QED) is 0.682. The summed E-state index contributed by atoms with van der Waals surface area (Å²) in [5.41, 5.74) is -0.0335. The fraction of sp³-hybridized carbons (Fsp3) is 1.00. The molecule has 0 aromatic carbocycles. The molecule has 82 valence electrons. The van der Waals surface area contributed by atoms with Crippen LogP contribution in [0.5, 0.6) is 0 Å². The van der Waals surface area contributed by atoms with Gasteiger partial charge in [0.1, 0.15) is 0 Å². The molecule has 0 radical (unpaired) electrons. The van der Waals surface area contributed by atoms with Crippen molar-refractivity contribution in [3.8, 4) is 0 Å². The number of hydrogen-bond acceptors (Lipinski definition) is 1. The minimum absolute atomic E-state index is 0.276. The van der Waals surface area contributed by atoms with Crippen LogP contribution < -0.4 is 0 Å². The molecule has 0 spiro atoms. The monoisotopic (exact) mass is 196 g/mol. The molecule has 0 aromatic heterocycles. The number of rotatable bonds is 1.